The zero-order valence-corrected chi connectivity index (χ0v) is 8.91. The summed E-state index contributed by atoms with van der Waals surface area (Å²) >= 11 is 11.6. The van der Waals surface area contributed by atoms with E-state index in [1.54, 1.807) is 12.1 Å². The van der Waals surface area contributed by atoms with Gasteiger partial charge in [-0.2, -0.15) is 0 Å². The van der Waals surface area contributed by atoms with Crippen molar-refractivity contribution < 1.29 is 0 Å². The van der Waals surface area contributed by atoms with Gasteiger partial charge in [0.2, 0.25) is 0 Å². The molecule has 0 aromatic heterocycles. The molecule has 0 aliphatic carbocycles. The second-order valence-corrected chi connectivity index (χ2v) is 3.67. The second-order valence-electron chi connectivity index (χ2n) is 2.86. The number of hydrogen-bond acceptors (Lipinski definition) is 1. The lowest BCUT2D eigenvalue weighted by Crippen LogP contribution is -1.97. The van der Waals surface area contributed by atoms with Gasteiger partial charge in [-0.1, -0.05) is 42.6 Å². The van der Waals surface area contributed by atoms with Crippen molar-refractivity contribution in [2.45, 2.75) is 19.8 Å². The highest BCUT2D eigenvalue weighted by atomic mass is 35.5. The third-order valence-corrected chi connectivity index (χ3v) is 2.51. The fourth-order valence-corrected chi connectivity index (χ4v) is 1.38. The second kappa shape index (κ2) is 4.64. The van der Waals surface area contributed by atoms with Gasteiger partial charge in [0, 0.05) is 5.71 Å². The molecule has 1 nitrogen and oxygen atoms in total. The first-order chi connectivity index (χ1) is 6.15. The molecule has 0 spiro atoms. The lowest BCUT2D eigenvalue weighted by molar-refractivity contribution is 0.986. The number of benzene rings is 1. The Balaban J connectivity index is 2.90. The molecule has 0 atom stereocenters. The van der Waals surface area contributed by atoms with Gasteiger partial charge in [-0.3, -0.25) is 0 Å². The monoisotopic (exact) mass is 215 g/mol. The lowest BCUT2D eigenvalue weighted by Gasteiger charge is -2.03. The number of nitrogens with one attached hydrogen (secondary N) is 1. The van der Waals surface area contributed by atoms with E-state index in [0.29, 0.717) is 15.8 Å². The molecule has 70 valence electrons. The molecule has 0 saturated carbocycles. The minimum atomic E-state index is 0.514. The molecule has 1 aromatic carbocycles. The summed E-state index contributed by atoms with van der Waals surface area (Å²) in [5.41, 5.74) is 1.47. The molecule has 0 radical (unpaired) electrons. The van der Waals surface area contributed by atoms with Crippen LogP contribution in [0, 0.1) is 5.41 Å². The fourth-order valence-electron chi connectivity index (χ4n) is 1.08. The van der Waals surface area contributed by atoms with Crippen LogP contribution in [0.2, 0.25) is 10.0 Å². The predicted octanol–water partition coefficient (Wildman–Crippen LogP) is 4.16. The zero-order chi connectivity index (χ0) is 9.84. The molecule has 0 aliphatic heterocycles. The molecule has 1 N–H and O–H groups in total. The van der Waals surface area contributed by atoms with Crippen LogP contribution >= 0.6 is 23.2 Å². The highest BCUT2D eigenvalue weighted by Gasteiger charge is 2.03. The zero-order valence-electron chi connectivity index (χ0n) is 7.40. The van der Waals surface area contributed by atoms with Crippen LogP contribution in [-0.2, 0) is 0 Å². The molecule has 3 heteroatoms. The smallest absolute Gasteiger partial charge is 0.0598 e. The van der Waals surface area contributed by atoms with Crippen LogP contribution in [-0.4, -0.2) is 5.71 Å². The summed E-state index contributed by atoms with van der Waals surface area (Å²) < 4.78 is 0. The van der Waals surface area contributed by atoms with Gasteiger partial charge in [0.25, 0.3) is 0 Å². The van der Waals surface area contributed by atoms with E-state index in [0.717, 1.165) is 18.4 Å². The molecule has 1 aromatic rings. The molecule has 0 aliphatic rings. The average Bonchev–Trinajstić information content (AvgIpc) is 2.10. The van der Waals surface area contributed by atoms with Gasteiger partial charge in [0.1, 0.15) is 0 Å². The van der Waals surface area contributed by atoms with Crippen LogP contribution in [0.3, 0.4) is 0 Å². The quantitative estimate of drug-likeness (QED) is 0.733. The topological polar surface area (TPSA) is 23.9 Å². The maximum absolute atomic E-state index is 7.70. The summed E-state index contributed by atoms with van der Waals surface area (Å²) in [5.74, 6) is 0. The summed E-state index contributed by atoms with van der Waals surface area (Å²) in [4.78, 5) is 0. The summed E-state index contributed by atoms with van der Waals surface area (Å²) in [5, 5.41) is 8.75. The van der Waals surface area contributed by atoms with Crippen LogP contribution in [0.5, 0.6) is 0 Å². The molecule has 13 heavy (non-hydrogen) atoms. The van der Waals surface area contributed by atoms with Crippen molar-refractivity contribution in [2.24, 2.45) is 0 Å². The maximum Gasteiger partial charge on any atom is 0.0598 e. The summed E-state index contributed by atoms with van der Waals surface area (Å²) in [6.07, 6.45) is 1.75. The minimum absolute atomic E-state index is 0.514. The van der Waals surface area contributed by atoms with E-state index < -0.39 is 0 Å². The van der Waals surface area contributed by atoms with Gasteiger partial charge in [-0.05, 0) is 24.1 Å². The Kier molecular flexibility index (Phi) is 3.76. The van der Waals surface area contributed by atoms with Gasteiger partial charge in [-0.15, -0.1) is 0 Å². The Labute approximate surface area is 88.2 Å². The Bertz CT molecular complexity index is 321. The van der Waals surface area contributed by atoms with Crippen molar-refractivity contribution in [1.29, 1.82) is 5.41 Å². The first-order valence-electron chi connectivity index (χ1n) is 4.18. The first kappa shape index (κ1) is 10.6. The van der Waals surface area contributed by atoms with Gasteiger partial charge >= 0.3 is 0 Å². The van der Waals surface area contributed by atoms with Crippen LogP contribution in [0.1, 0.15) is 25.3 Å². The van der Waals surface area contributed by atoms with Crippen LogP contribution in [0.25, 0.3) is 0 Å². The third-order valence-electron chi connectivity index (χ3n) is 1.77. The Morgan fingerprint density at radius 1 is 1.31 bits per heavy atom. The fraction of sp³-hybridized carbons (Fsp3) is 0.300. The van der Waals surface area contributed by atoms with Crippen LogP contribution < -0.4 is 0 Å². The molecule has 0 bridgehead atoms. The molecular formula is C10H11Cl2N. The molecular weight excluding hydrogens is 205 g/mol. The number of rotatable bonds is 3. The highest BCUT2D eigenvalue weighted by Crippen LogP contribution is 2.23. The maximum atomic E-state index is 7.70. The largest absolute Gasteiger partial charge is 0.305 e. The normalized spacial score (nSPS) is 10.1. The lowest BCUT2D eigenvalue weighted by atomic mass is 10.1. The highest BCUT2D eigenvalue weighted by molar-refractivity contribution is 6.42. The van der Waals surface area contributed by atoms with Gasteiger partial charge in [0.15, 0.2) is 0 Å². The van der Waals surface area contributed by atoms with Crippen molar-refractivity contribution in [3.05, 3.63) is 33.8 Å². The third kappa shape index (κ3) is 2.71. The summed E-state index contributed by atoms with van der Waals surface area (Å²) in [6, 6.07) is 5.29. The Hall–Kier alpha value is -0.530. The van der Waals surface area contributed by atoms with E-state index in [1.807, 2.05) is 13.0 Å². The van der Waals surface area contributed by atoms with Gasteiger partial charge < -0.3 is 5.41 Å². The first-order valence-corrected chi connectivity index (χ1v) is 4.93. The van der Waals surface area contributed by atoms with Crippen molar-refractivity contribution in [3.8, 4) is 0 Å². The van der Waals surface area contributed by atoms with Crippen molar-refractivity contribution in [2.75, 3.05) is 0 Å². The standard InChI is InChI=1S/C10H11Cl2N/c1-2-3-10(13)7-4-5-8(11)9(12)6-7/h4-6,13H,2-3H2,1H3. The number of hydrogen-bond donors (Lipinski definition) is 1. The Morgan fingerprint density at radius 3 is 2.54 bits per heavy atom. The average molecular weight is 216 g/mol. The molecule has 0 unspecified atom stereocenters. The van der Waals surface area contributed by atoms with E-state index in [2.05, 4.69) is 0 Å². The molecule has 0 heterocycles. The molecule has 0 fully saturated rings. The summed E-state index contributed by atoms with van der Waals surface area (Å²) in [7, 11) is 0. The number of halogens is 2. The minimum Gasteiger partial charge on any atom is -0.305 e. The molecule has 0 amide bonds. The molecule has 0 saturated heterocycles. The van der Waals surface area contributed by atoms with Crippen molar-refractivity contribution >= 4 is 28.9 Å². The summed E-state index contributed by atoms with van der Waals surface area (Å²) in [6.45, 7) is 2.05. The molecule has 1 rings (SSSR count). The van der Waals surface area contributed by atoms with Crippen LogP contribution in [0.15, 0.2) is 18.2 Å². The SMILES string of the molecule is CCCC(=N)c1ccc(Cl)c(Cl)c1. The van der Waals surface area contributed by atoms with Crippen molar-refractivity contribution in [3.63, 3.8) is 0 Å². The van der Waals surface area contributed by atoms with E-state index in [-0.39, 0.29) is 0 Å². The van der Waals surface area contributed by atoms with E-state index in [9.17, 15) is 0 Å². The van der Waals surface area contributed by atoms with E-state index >= 15 is 0 Å². The van der Waals surface area contributed by atoms with E-state index in [4.69, 9.17) is 28.6 Å². The van der Waals surface area contributed by atoms with Gasteiger partial charge in [0.05, 0.1) is 10.0 Å². The van der Waals surface area contributed by atoms with Crippen molar-refractivity contribution in [1.82, 2.24) is 0 Å². The Morgan fingerprint density at radius 2 is 2.00 bits per heavy atom. The van der Waals surface area contributed by atoms with Gasteiger partial charge in [-0.25, -0.2) is 0 Å². The van der Waals surface area contributed by atoms with Crippen LogP contribution in [0.4, 0.5) is 0 Å². The van der Waals surface area contributed by atoms with E-state index in [1.165, 1.54) is 0 Å². The predicted molar refractivity (Wildman–Crippen MR) is 58.2 cm³/mol.